The zero-order chi connectivity index (χ0) is 10.3. The molecule has 0 saturated carbocycles. The Hall–Kier alpha value is 0.0400. The van der Waals surface area contributed by atoms with E-state index >= 15 is 0 Å². The van der Waals surface area contributed by atoms with Crippen LogP contribution in [-0.2, 0) is 0 Å². The lowest BCUT2D eigenvalue weighted by Crippen LogP contribution is -1.90. The minimum Gasteiger partial charge on any atom is -0.258 e. The van der Waals surface area contributed by atoms with E-state index in [4.69, 9.17) is 0 Å². The molecule has 1 heterocycles. The predicted octanol–water partition coefficient (Wildman–Crippen LogP) is 4.02. The Bertz CT molecular complexity index is 523. The lowest BCUT2D eigenvalue weighted by atomic mass is 10.2. The van der Waals surface area contributed by atoms with Gasteiger partial charge in [-0.15, -0.1) is 11.3 Å². The molecule has 0 radical (unpaired) electrons. The highest BCUT2D eigenvalue weighted by atomic mass is 127. The summed E-state index contributed by atoms with van der Waals surface area (Å²) in [5.74, 6) is 0. The number of rotatable bonds is 1. The highest BCUT2D eigenvalue weighted by Crippen LogP contribution is 2.36. The second kappa shape index (κ2) is 3.89. The van der Waals surface area contributed by atoms with Gasteiger partial charge in [-0.3, -0.25) is 10.1 Å². The second-order valence-corrected chi connectivity index (χ2v) is 6.73. The Morgan fingerprint density at radius 2 is 2.07 bits per heavy atom. The second-order valence-electron chi connectivity index (χ2n) is 2.62. The van der Waals surface area contributed by atoms with Gasteiger partial charge in [-0.1, -0.05) is 6.07 Å². The molecule has 0 aliphatic heterocycles. The van der Waals surface area contributed by atoms with E-state index in [2.05, 4.69) is 22.6 Å². The lowest BCUT2D eigenvalue weighted by Gasteiger charge is -1.95. The van der Waals surface area contributed by atoms with Gasteiger partial charge in [-0.05, 0) is 57.3 Å². The monoisotopic (exact) mass is 431 g/mol. The van der Waals surface area contributed by atoms with Gasteiger partial charge in [0.05, 0.1) is 11.4 Å². The Morgan fingerprint density at radius 1 is 1.36 bits per heavy atom. The standard InChI is InChI=1S/C8H3I2NO2S/c9-5-2-1-4-3-6(10)14-8(4)7(5)11(12)13/h1-3H. The summed E-state index contributed by atoms with van der Waals surface area (Å²) in [6.07, 6.45) is 0. The maximum Gasteiger partial charge on any atom is 0.300 e. The number of halogens is 2. The van der Waals surface area contributed by atoms with Crippen LogP contribution in [0.25, 0.3) is 10.1 Å². The Labute approximate surface area is 111 Å². The smallest absolute Gasteiger partial charge is 0.258 e. The normalized spacial score (nSPS) is 10.7. The molecule has 0 atom stereocenters. The number of nitro benzene ring substituents is 1. The van der Waals surface area contributed by atoms with Gasteiger partial charge in [-0.25, -0.2) is 0 Å². The quantitative estimate of drug-likeness (QED) is 0.389. The average molecular weight is 431 g/mol. The molecule has 0 aliphatic rings. The topological polar surface area (TPSA) is 43.1 Å². The molecule has 2 rings (SSSR count). The van der Waals surface area contributed by atoms with Gasteiger partial charge in [-0.2, -0.15) is 0 Å². The third kappa shape index (κ3) is 1.74. The fraction of sp³-hybridized carbons (Fsp3) is 0. The molecule has 72 valence electrons. The van der Waals surface area contributed by atoms with Crippen LogP contribution in [0.4, 0.5) is 5.69 Å². The van der Waals surface area contributed by atoms with Crippen LogP contribution in [0.1, 0.15) is 0 Å². The van der Waals surface area contributed by atoms with E-state index in [1.54, 1.807) is 6.07 Å². The van der Waals surface area contributed by atoms with Crippen molar-refractivity contribution in [2.24, 2.45) is 0 Å². The summed E-state index contributed by atoms with van der Waals surface area (Å²) in [5, 5.41) is 11.8. The average Bonchev–Trinajstić information content (AvgIpc) is 2.43. The predicted molar refractivity (Wildman–Crippen MR) is 73.9 cm³/mol. The van der Waals surface area contributed by atoms with Crippen molar-refractivity contribution in [1.82, 2.24) is 0 Å². The molecule has 1 aromatic carbocycles. The molecular weight excluding hydrogens is 428 g/mol. The fourth-order valence-corrected chi connectivity index (χ4v) is 3.94. The molecule has 14 heavy (non-hydrogen) atoms. The van der Waals surface area contributed by atoms with Crippen molar-refractivity contribution < 1.29 is 4.92 Å². The van der Waals surface area contributed by atoms with Gasteiger partial charge in [0.2, 0.25) is 0 Å². The first-order valence-corrected chi connectivity index (χ1v) is 6.59. The molecule has 6 heteroatoms. The SMILES string of the molecule is O=[N+]([O-])c1c(I)ccc2cc(I)sc12. The first kappa shape index (κ1) is 10.6. The highest BCUT2D eigenvalue weighted by Gasteiger charge is 2.18. The van der Waals surface area contributed by atoms with Gasteiger partial charge in [0.1, 0.15) is 4.70 Å². The molecule has 0 aliphatic carbocycles. The first-order chi connectivity index (χ1) is 6.59. The third-order valence-electron chi connectivity index (χ3n) is 1.76. The molecule has 0 fully saturated rings. The van der Waals surface area contributed by atoms with Gasteiger partial charge in [0, 0.05) is 5.39 Å². The fourth-order valence-electron chi connectivity index (χ4n) is 1.20. The van der Waals surface area contributed by atoms with E-state index < -0.39 is 0 Å². The van der Waals surface area contributed by atoms with Gasteiger partial charge >= 0.3 is 0 Å². The minimum atomic E-state index is -0.309. The number of nitrogens with zero attached hydrogens (tertiary/aromatic N) is 1. The van der Waals surface area contributed by atoms with Gasteiger partial charge in [0.15, 0.2) is 0 Å². The van der Waals surface area contributed by atoms with Crippen LogP contribution in [0.5, 0.6) is 0 Å². The van der Waals surface area contributed by atoms with Crippen LogP contribution in [0, 0.1) is 16.6 Å². The molecule has 0 unspecified atom stereocenters. The Balaban J connectivity index is 2.88. The van der Waals surface area contributed by atoms with E-state index in [1.165, 1.54) is 11.3 Å². The van der Waals surface area contributed by atoms with Crippen molar-refractivity contribution in [1.29, 1.82) is 0 Å². The van der Waals surface area contributed by atoms with Crippen molar-refractivity contribution in [2.75, 3.05) is 0 Å². The molecule has 0 spiro atoms. The van der Waals surface area contributed by atoms with Gasteiger partial charge < -0.3 is 0 Å². The highest BCUT2D eigenvalue weighted by molar-refractivity contribution is 14.1. The summed E-state index contributed by atoms with van der Waals surface area (Å²) >= 11 is 5.64. The molecule has 2 aromatic rings. The lowest BCUT2D eigenvalue weighted by molar-refractivity contribution is -0.383. The number of fused-ring (bicyclic) bond motifs is 1. The van der Waals surface area contributed by atoms with Crippen LogP contribution in [0.2, 0.25) is 0 Å². The van der Waals surface area contributed by atoms with Crippen LogP contribution in [-0.4, -0.2) is 4.92 Å². The van der Waals surface area contributed by atoms with E-state index in [9.17, 15) is 10.1 Å². The Morgan fingerprint density at radius 3 is 2.71 bits per heavy atom. The molecule has 0 bridgehead atoms. The first-order valence-electron chi connectivity index (χ1n) is 3.61. The Kier molecular flexibility index (Phi) is 2.93. The van der Waals surface area contributed by atoms with E-state index in [0.717, 1.165) is 13.0 Å². The van der Waals surface area contributed by atoms with Crippen molar-refractivity contribution in [3.05, 3.63) is 34.8 Å². The molecule has 0 saturated heterocycles. The van der Waals surface area contributed by atoms with Crippen LogP contribution in [0.3, 0.4) is 0 Å². The maximum absolute atomic E-state index is 10.8. The summed E-state index contributed by atoms with van der Waals surface area (Å²) in [5.41, 5.74) is 0.232. The number of hydrogen-bond acceptors (Lipinski definition) is 3. The number of nitro groups is 1. The van der Waals surface area contributed by atoms with E-state index in [-0.39, 0.29) is 10.6 Å². The minimum absolute atomic E-state index is 0.232. The van der Waals surface area contributed by atoms with Crippen molar-refractivity contribution in [2.45, 2.75) is 0 Å². The summed E-state index contributed by atoms with van der Waals surface area (Å²) in [4.78, 5) is 10.5. The van der Waals surface area contributed by atoms with Crippen LogP contribution in [0.15, 0.2) is 18.2 Å². The maximum atomic E-state index is 10.8. The number of thiophene rings is 1. The van der Waals surface area contributed by atoms with Crippen LogP contribution < -0.4 is 0 Å². The number of hydrogen-bond donors (Lipinski definition) is 0. The molecule has 0 amide bonds. The van der Waals surface area contributed by atoms with Gasteiger partial charge in [0.25, 0.3) is 5.69 Å². The molecule has 0 N–H and O–H groups in total. The summed E-state index contributed by atoms with van der Waals surface area (Å²) in [7, 11) is 0. The van der Waals surface area contributed by atoms with E-state index in [1.807, 2.05) is 34.7 Å². The summed E-state index contributed by atoms with van der Waals surface area (Å²) in [6.45, 7) is 0. The summed E-state index contributed by atoms with van der Waals surface area (Å²) < 4.78 is 2.53. The zero-order valence-corrected chi connectivity index (χ0v) is 11.8. The van der Waals surface area contributed by atoms with Crippen molar-refractivity contribution >= 4 is 72.3 Å². The van der Waals surface area contributed by atoms with Crippen molar-refractivity contribution in [3.63, 3.8) is 0 Å². The molecular formula is C8H3I2NO2S. The van der Waals surface area contributed by atoms with Crippen molar-refractivity contribution in [3.8, 4) is 0 Å². The largest absolute Gasteiger partial charge is 0.300 e. The third-order valence-corrected chi connectivity index (χ3v) is 4.55. The van der Waals surface area contributed by atoms with Crippen LogP contribution >= 0.6 is 56.5 Å². The zero-order valence-electron chi connectivity index (χ0n) is 6.66. The molecule has 3 nitrogen and oxygen atoms in total. The van der Waals surface area contributed by atoms with E-state index in [0.29, 0.717) is 3.57 Å². The molecule has 1 aromatic heterocycles. The number of benzene rings is 1. The summed E-state index contributed by atoms with van der Waals surface area (Å²) in [6, 6.07) is 5.66.